The highest BCUT2D eigenvalue weighted by Gasteiger charge is 2.11. The zero-order valence-electron chi connectivity index (χ0n) is 10.6. The Labute approximate surface area is 115 Å². The smallest absolute Gasteiger partial charge is 0.225 e. The monoisotopic (exact) mass is 273 g/mol. The van der Waals surface area contributed by atoms with Crippen LogP contribution >= 0.6 is 11.6 Å². The average Bonchev–Trinajstić information content (AvgIpc) is 2.77. The SMILES string of the molecule is CNc1nc(-n2cc(Cl)c(C)n2)c2ccccc2n1. The molecule has 6 heteroatoms. The van der Waals surface area contributed by atoms with Crippen molar-refractivity contribution in [1.82, 2.24) is 19.7 Å². The molecule has 0 saturated carbocycles. The van der Waals surface area contributed by atoms with E-state index >= 15 is 0 Å². The fraction of sp³-hybridized carbons (Fsp3) is 0.154. The molecule has 2 heterocycles. The lowest BCUT2D eigenvalue weighted by Gasteiger charge is -2.07. The van der Waals surface area contributed by atoms with Crippen LogP contribution in [0.3, 0.4) is 0 Å². The van der Waals surface area contributed by atoms with E-state index < -0.39 is 0 Å². The van der Waals surface area contributed by atoms with Gasteiger partial charge in [-0.1, -0.05) is 23.7 Å². The highest BCUT2D eigenvalue weighted by atomic mass is 35.5. The summed E-state index contributed by atoms with van der Waals surface area (Å²) in [7, 11) is 1.79. The van der Waals surface area contributed by atoms with E-state index in [1.807, 2.05) is 31.2 Å². The van der Waals surface area contributed by atoms with Gasteiger partial charge in [0.15, 0.2) is 5.82 Å². The molecule has 0 aliphatic rings. The molecule has 0 fully saturated rings. The molecule has 2 aromatic heterocycles. The second-order valence-corrected chi connectivity index (χ2v) is 4.55. The minimum absolute atomic E-state index is 0.554. The highest BCUT2D eigenvalue weighted by molar-refractivity contribution is 6.31. The van der Waals surface area contributed by atoms with Crippen LogP contribution in [0.1, 0.15) is 5.69 Å². The molecule has 0 atom stereocenters. The third-order valence-corrected chi connectivity index (χ3v) is 3.23. The van der Waals surface area contributed by atoms with Gasteiger partial charge in [-0.2, -0.15) is 10.1 Å². The van der Waals surface area contributed by atoms with E-state index in [0.29, 0.717) is 16.8 Å². The van der Waals surface area contributed by atoms with Crippen LogP contribution in [-0.4, -0.2) is 26.8 Å². The Morgan fingerprint density at radius 1 is 1.21 bits per heavy atom. The molecule has 0 amide bonds. The van der Waals surface area contributed by atoms with Crippen LogP contribution in [0, 0.1) is 6.92 Å². The van der Waals surface area contributed by atoms with Crippen LogP contribution in [0.15, 0.2) is 30.5 Å². The van der Waals surface area contributed by atoms with Crippen LogP contribution in [0.25, 0.3) is 16.7 Å². The van der Waals surface area contributed by atoms with Crippen molar-refractivity contribution in [3.63, 3.8) is 0 Å². The fourth-order valence-electron chi connectivity index (χ4n) is 1.89. The van der Waals surface area contributed by atoms with Gasteiger partial charge >= 0.3 is 0 Å². The first-order valence-electron chi connectivity index (χ1n) is 5.85. The first-order valence-corrected chi connectivity index (χ1v) is 6.23. The molecule has 0 aliphatic heterocycles. The number of halogens is 1. The summed E-state index contributed by atoms with van der Waals surface area (Å²) in [5, 5.41) is 8.88. The number of fused-ring (bicyclic) bond motifs is 1. The van der Waals surface area contributed by atoms with Crippen molar-refractivity contribution >= 4 is 28.5 Å². The summed E-state index contributed by atoms with van der Waals surface area (Å²) in [5.74, 6) is 1.27. The number of rotatable bonds is 2. The Bertz CT molecular complexity index is 730. The molecule has 0 bridgehead atoms. The summed E-state index contributed by atoms with van der Waals surface area (Å²) in [5.41, 5.74) is 1.64. The molecular weight excluding hydrogens is 262 g/mol. The topological polar surface area (TPSA) is 55.6 Å². The lowest BCUT2D eigenvalue weighted by atomic mass is 10.2. The Morgan fingerprint density at radius 2 is 2.00 bits per heavy atom. The molecule has 0 aliphatic carbocycles. The number of nitrogens with zero attached hydrogens (tertiary/aromatic N) is 4. The van der Waals surface area contributed by atoms with Crippen molar-refractivity contribution in [2.45, 2.75) is 6.92 Å². The van der Waals surface area contributed by atoms with Crippen molar-refractivity contribution in [2.75, 3.05) is 12.4 Å². The van der Waals surface area contributed by atoms with Crippen LogP contribution < -0.4 is 5.32 Å². The first-order chi connectivity index (χ1) is 9.19. The van der Waals surface area contributed by atoms with Gasteiger partial charge in [-0.3, -0.25) is 0 Å². The molecule has 0 saturated heterocycles. The molecule has 0 radical (unpaired) electrons. The summed E-state index contributed by atoms with van der Waals surface area (Å²) < 4.78 is 1.68. The number of nitrogens with one attached hydrogen (secondary N) is 1. The van der Waals surface area contributed by atoms with Gasteiger partial charge in [0.05, 0.1) is 22.4 Å². The van der Waals surface area contributed by atoms with Crippen LogP contribution in [0.5, 0.6) is 0 Å². The normalized spacial score (nSPS) is 10.9. The third-order valence-electron chi connectivity index (χ3n) is 2.86. The maximum absolute atomic E-state index is 6.06. The number of para-hydroxylation sites is 1. The standard InChI is InChI=1S/C13H12ClN5/c1-8-10(14)7-19(18-8)12-9-5-3-4-6-11(9)16-13(15-2)17-12/h3-7H,1-2H3,(H,15,16,17). The number of aryl methyl sites for hydroxylation is 1. The Kier molecular flexibility index (Phi) is 2.83. The van der Waals surface area contributed by atoms with Crippen LogP contribution in [-0.2, 0) is 0 Å². The molecule has 5 nitrogen and oxygen atoms in total. The van der Waals surface area contributed by atoms with Gasteiger partial charge in [0.2, 0.25) is 5.95 Å². The summed E-state index contributed by atoms with van der Waals surface area (Å²) in [4.78, 5) is 8.88. The van der Waals surface area contributed by atoms with Gasteiger partial charge in [-0.05, 0) is 19.1 Å². The maximum atomic E-state index is 6.06. The molecule has 19 heavy (non-hydrogen) atoms. The summed E-state index contributed by atoms with van der Waals surface area (Å²) >= 11 is 6.06. The predicted octanol–water partition coefficient (Wildman–Crippen LogP) is 2.82. The van der Waals surface area contributed by atoms with Crippen molar-refractivity contribution in [3.8, 4) is 5.82 Å². The number of anilines is 1. The Hall–Kier alpha value is -2.14. The summed E-state index contributed by atoms with van der Waals surface area (Å²) in [6.45, 7) is 1.86. The maximum Gasteiger partial charge on any atom is 0.225 e. The van der Waals surface area contributed by atoms with Gasteiger partial charge in [-0.15, -0.1) is 0 Å². The van der Waals surface area contributed by atoms with Crippen molar-refractivity contribution < 1.29 is 0 Å². The quantitative estimate of drug-likeness (QED) is 0.780. The van der Waals surface area contributed by atoms with E-state index in [1.54, 1.807) is 17.9 Å². The Morgan fingerprint density at radius 3 is 2.68 bits per heavy atom. The number of hydrogen-bond acceptors (Lipinski definition) is 4. The van der Waals surface area contributed by atoms with E-state index in [1.165, 1.54) is 0 Å². The van der Waals surface area contributed by atoms with E-state index in [2.05, 4.69) is 20.4 Å². The zero-order valence-corrected chi connectivity index (χ0v) is 11.3. The van der Waals surface area contributed by atoms with Gasteiger partial charge in [0, 0.05) is 12.4 Å². The van der Waals surface area contributed by atoms with Gasteiger partial charge in [-0.25, -0.2) is 9.67 Å². The van der Waals surface area contributed by atoms with Gasteiger partial charge in [0.25, 0.3) is 0 Å². The number of aromatic nitrogens is 4. The molecule has 0 unspecified atom stereocenters. The molecule has 3 aromatic rings. The van der Waals surface area contributed by atoms with Crippen molar-refractivity contribution in [1.29, 1.82) is 0 Å². The largest absolute Gasteiger partial charge is 0.357 e. The van der Waals surface area contributed by atoms with Gasteiger partial charge < -0.3 is 5.32 Å². The fourth-order valence-corrected chi connectivity index (χ4v) is 2.02. The summed E-state index contributed by atoms with van der Waals surface area (Å²) in [6.07, 6.45) is 1.76. The van der Waals surface area contributed by atoms with Crippen molar-refractivity contribution in [2.24, 2.45) is 0 Å². The molecule has 1 aromatic carbocycles. The number of benzene rings is 1. The lowest BCUT2D eigenvalue weighted by molar-refractivity contribution is 0.837. The predicted molar refractivity (Wildman–Crippen MR) is 76.0 cm³/mol. The first kappa shape index (κ1) is 11.9. The van der Waals surface area contributed by atoms with Crippen molar-refractivity contribution in [3.05, 3.63) is 41.2 Å². The molecule has 96 valence electrons. The van der Waals surface area contributed by atoms with Crippen LogP contribution in [0.4, 0.5) is 5.95 Å². The minimum atomic E-state index is 0.554. The third kappa shape index (κ3) is 2.02. The second-order valence-electron chi connectivity index (χ2n) is 4.14. The van der Waals surface area contributed by atoms with E-state index in [9.17, 15) is 0 Å². The van der Waals surface area contributed by atoms with Crippen LogP contribution in [0.2, 0.25) is 5.02 Å². The minimum Gasteiger partial charge on any atom is -0.357 e. The van der Waals surface area contributed by atoms with E-state index in [-0.39, 0.29) is 0 Å². The number of hydrogen-bond donors (Lipinski definition) is 1. The van der Waals surface area contributed by atoms with E-state index in [4.69, 9.17) is 11.6 Å². The zero-order chi connectivity index (χ0) is 13.4. The second kappa shape index (κ2) is 4.51. The average molecular weight is 274 g/mol. The Balaban J connectivity index is 2.32. The molecule has 0 spiro atoms. The lowest BCUT2D eigenvalue weighted by Crippen LogP contribution is -2.05. The molecule has 1 N–H and O–H groups in total. The van der Waals surface area contributed by atoms with E-state index in [0.717, 1.165) is 16.6 Å². The highest BCUT2D eigenvalue weighted by Crippen LogP contribution is 2.22. The summed E-state index contributed by atoms with van der Waals surface area (Å²) in [6, 6.07) is 7.81. The molecule has 3 rings (SSSR count). The van der Waals surface area contributed by atoms with Gasteiger partial charge in [0.1, 0.15) is 0 Å². The molecular formula is C13H12ClN5.